The molecule has 180 valence electrons. The first-order valence-corrected chi connectivity index (χ1v) is 11.4. The number of carbonyl (C=O) groups is 2. The van der Waals surface area contributed by atoms with Crippen LogP contribution >= 0.6 is 0 Å². The van der Waals surface area contributed by atoms with Gasteiger partial charge in [-0.2, -0.15) is 0 Å². The standard InChI is InChI=1S/C27H32N2O5/c1-5-17-33-21-11-7-19(8-12-21)24-23(26(31)27(32)29(24)16-15-28(3)4)25(30)20-9-13-22(14-10-20)34-18-6-2/h5,7-14,24,30H,1,6,15-18H2,2-4H3/b25-23-. The number of nitrogens with zero attached hydrogens (tertiary/aromatic N) is 2. The zero-order valence-electron chi connectivity index (χ0n) is 20.0. The minimum Gasteiger partial charge on any atom is -0.507 e. The van der Waals surface area contributed by atoms with E-state index in [1.54, 1.807) is 42.5 Å². The van der Waals surface area contributed by atoms with Crippen molar-refractivity contribution >= 4 is 17.4 Å². The molecule has 2 aromatic carbocycles. The van der Waals surface area contributed by atoms with Crippen LogP contribution in [0.3, 0.4) is 0 Å². The number of hydrogen-bond donors (Lipinski definition) is 1. The van der Waals surface area contributed by atoms with Crippen molar-refractivity contribution in [2.45, 2.75) is 19.4 Å². The first-order chi connectivity index (χ1) is 16.4. The number of aliphatic hydroxyl groups is 1. The van der Waals surface area contributed by atoms with Crippen molar-refractivity contribution in [1.29, 1.82) is 0 Å². The molecule has 1 atom stereocenters. The topological polar surface area (TPSA) is 79.3 Å². The lowest BCUT2D eigenvalue weighted by molar-refractivity contribution is -0.140. The molecule has 0 saturated carbocycles. The second-order valence-corrected chi connectivity index (χ2v) is 8.34. The smallest absolute Gasteiger partial charge is 0.295 e. The van der Waals surface area contributed by atoms with Crippen LogP contribution in [0.5, 0.6) is 11.5 Å². The number of benzene rings is 2. The number of Topliss-reactive ketones (excluding diaryl/α,β-unsaturated/α-hetero) is 1. The molecule has 1 heterocycles. The molecule has 1 saturated heterocycles. The fourth-order valence-corrected chi connectivity index (χ4v) is 3.75. The molecule has 1 aliphatic rings. The van der Waals surface area contributed by atoms with E-state index in [9.17, 15) is 14.7 Å². The first-order valence-electron chi connectivity index (χ1n) is 11.4. The summed E-state index contributed by atoms with van der Waals surface area (Å²) < 4.78 is 11.2. The lowest BCUT2D eigenvalue weighted by atomic mass is 9.95. The SMILES string of the molecule is C=CCOc1ccc(C2/C(=C(/O)c3ccc(OCCC)cc3)C(=O)C(=O)N2CCN(C)C)cc1. The average molecular weight is 465 g/mol. The summed E-state index contributed by atoms with van der Waals surface area (Å²) in [6.45, 7) is 7.55. The fourth-order valence-electron chi connectivity index (χ4n) is 3.75. The van der Waals surface area contributed by atoms with Crippen molar-refractivity contribution in [2.75, 3.05) is 40.4 Å². The fraction of sp³-hybridized carbons (Fsp3) is 0.333. The quantitative estimate of drug-likeness (QED) is 0.234. The molecule has 2 aromatic rings. The number of rotatable bonds is 11. The maximum absolute atomic E-state index is 13.1. The summed E-state index contributed by atoms with van der Waals surface area (Å²) in [5.41, 5.74) is 1.24. The van der Waals surface area contributed by atoms with Crippen LogP contribution in [0.15, 0.2) is 66.8 Å². The second kappa shape index (κ2) is 11.5. The lowest BCUT2D eigenvalue weighted by Gasteiger charge is -2.26. The molecule has 1 fully saturated rings. The monoisotopic (exact) mass is 464 g/mol. The molecule has 1 amide bonds. The Morgan fingerprint density at radius 1 is 1.06 bits per heavy atom. The summed E-state index contributed by atoms with van der Waals surface area (Å²) in [5.74, 6) is -0.194. The van der Waals surface area contributed by atoms with Crippen molar-refractivity contribution in [3.05, 3.63) is 77.9 Å². The molecule has 34 heavy (non-hydrogen) atoms. The van der Waals surface area contributed by atoms with Crippen LogP contribution < -0.4 is 9.47 Å². The largest absolute Gasteiger partial charge is 0.507 e. The molecule has 0 spiro atoms. The van der Waals surface area contributed by atoms with Crippen LogP contribution in [-0.4, -0.2) is 67.0 Å². The van der Waals surface area contributed by atoms with E-state index in [2.05, 4.69) is 6.58 Å². The zero-order valence-corrected chi connectivity index (χ0v) is 20.0. The van der Waals surface area contributed by atoms with E-state index in [1.807, 2.05) is 38.1 Å². The number of amides is 1. The maximum atomic E-state index is 13.1. The predicted molar refractivity (Wildman–Crippen MR) is 132 cm³/mol. The number of hydrogen-bond acceptors (Lipinski definition) is 6. The highest BCUT2D eigenvalue weighted by Gasteiger charge is 2.45. The van der Waals surface area contributed by atoms with Gasteiger partial charge in [-0.15, -0.1) is 0 Å². The third kappa shape index (κ3) is 5.66. The summed E-state index contributed by atoms with van der Waals surface area (Å²) in [6, 6.07) is 13.4. The average Bonchev–Trinajstić information content (AvgIpc) is 3.10. The van der Waals surface area contributed by atoms with Crippen LogP contribution in [-0.2, 0) is 9.59 Å². The molecule has 7 nitrogen and oxygen atoms in total. The molecule has 0 bridgehead atoms. The van der Waals surface area contributed by atoms with E-state index in [0.717, 1.165) is 6.42 Å². The van der Waals surface area contributed by atoms with Gasteiger partial charge in [-0.3, -0.25) is 9.59 Å². The Balaban J connectivity index is 2.02. The molecule has 0 aromatic heterocycles. The predicted octanol–water partition coefficient (Wildman–Crippen LogP) is 4.02. The summed E-state index contributed by atoms with van der Waals surface area (Å²) in [4.78, 5) is 29.5. The van der Waals surface area contributed by atoms with Crippen molar-refractivity contribution in [2.24, 2.45) is 0 Å². The number of carbonyl (C=O) groups excluding carboxylic acids is 2. The zero-order chi connectivity index (χ0) is 24.7. The molecular formula is C27H32N2O5. The van der Waals surface area contributed by atoms with Crippen LogP contribution in [0, 0.1) is 0 Å². The van der Waals surface area contributed by atoms with Gasteiger partial charge in [0, 0.05) is 18.7 Å². The Labute approximate surface area is 200 Å². The third-order valence-electron chi connectivity index (χ3n) is 5.49. The number of ketones is 1. The normalized spacial score (nSPS) is 17.3. The number of likely N-dealkylation sites (tertiary alicyclic amines) is 1. The van der Waals surface area contributed by atoms with Crippen LogP contribution in [0.25, 0.3) is 5.76 Å². The molecule has 0 aliphatic carbocycles. The van der Waals surface area contributed by atoms with E-state index in [4.69, 9.17) is 9.47 Å². The highest BCUT2D eigenvalue weighted by atomic mass is 16.5. The number of likely N-dealkylation sites (N-methyl/N-ethyl adjacent to an activating group) is 1. The highest BCUT2D eigenvalue weighted by Crippen LogP contribution is 2.39. The van der Waals surface area contributed by atoms with Gasteiger partial charge >= 0.3 is 0 Å². The highest BCUT2D eigenvalue weighted by molar-refractivity contribution is 6.46. The molecule has 3 rings (SSSR count). The third-order valence-corrected chi connectivity index (χ3v) is 5.49. The first kappa shape index (κ1) is 25.1. The summed E-state index contributed by atoms with van der Waals surface area (Å²) >= 11 is 0. The Morgan fingerprint density at radius 3 is 2.26 bits per heavy atom. The Kier molecular flexibility index (Phi) is 8.49. The summed E-state index contributed by atoms with van der Waals surface area (Å²) in [6.07, 6.45) is 2.54. The van der Waals surface area contributed by atoms with Crippen molar-refractivity contribution in [3.8, 4) is 11.5 Å². The van der Waals surface area contributed by atoms with Gasteiger partial charge in [0.2, 0.25) is 0 Å². The van der Waals surface area contributed by atoms with Gasteiger partial charge < -0.3 is 24.4 Å². The van der Waals surface area contributed by atoms with Gasteiger partial charge in [0.25, 0.3) is 11.7 Å². The Hall–Kier alpha value is -3.58. The molecule has 7 heteroatoms. The Bertz CT molecular complexity index is 1040. The van der Waals surface area contributed by atoms with E-state index >= 15 is 0 Å². The number of aliphatic hydroxyl groups excluding tert-OH is 1. The van der Waals surface area contributed by atoms with Gasteiger partial charge in [-0.25, -0.2) is 0 Å². The molecular weight excluding hydrogens is 432 g/mol. The van der Waals surface area contributed by atoms with E-state index in [0.29, 0.717) is 48.9 Å². The van der Waals surface area contributed by atoms with Crippen LogP contribution in [0.1, 0.15) is 30.5 Å². The molecule has 0 radical (unpaired) electrons. The van der Waals surface area contributed by atoms with Crippen molar-refractivity contribution < 1.29 is 24.2 Å². The Morgan fingerprint density at radius 2 is 1.68 bits per heavy atom. The second-order valence-electron chi connectivity index (χ2n) is 8.34. The summed E-state index contributed by atoms with van der Waals surface area (Å²) in [5, 5.41) is 11.2. The van der Waals surface area contributed by atoms with E-state index < -0.39 is 17.7 Å². The van der Waals surface area contributed by atoms with Gasteiger partial charge in [0.1, 0.15) is 23.9 Å². The van der Waals surface area contributed by atoms with Crippen LogP contribution in [0.2, 0.25) is 0 Å². The minimum atomic E-state index is -0.704. The van der Waals surface area contributed by atoms with Gasteiger partial charge in [-0.05, 0) is 62.5 Å². The van der Waals surface area contributed by atoms with Crippen LogP contribution in [0.4, 0.5) is 0 Å². The molecule has 1 aliphatic heterocycles. The summed E-state index contributed by atoms with van der Waals surface area (Å²) in [7, 11) is 3.80. The molecule has 1 N–H and O–H groups in total. The van der Waals surface area contributed by atoms with E-state index in [1.165, 1.54) is 4.90 Å². The van der Waals surface area contributed by atoms with Gasteiger partial charge in [-0.1, -0.05) is 31.7 Å². The minimum absolute atomic E-state index is 0.0748. The van der Waals surface area contributed by atoms with Crippen molar-refractivity contribution in [3.63, 3.8) is 0 Å². The van der Waals surface area contributed by atoms with Crippen molar-refractivity contribution in [1.82, 2.24) is 9.80 Å². The maximum Gasteiger partial charge on any atom is 0.295 e. The lowest BCUT2D eigenvalue weighted by Crippen LogP contribution is -2.35. The molecule has 1 unspecified atom stereocenters. The van der Waals surface area contributed by atoms with Gasteiger partial charge in [0.15, 0.2) is 0 Å². The van der Waals surface area contributed by atoms with E-state index in [-0.39, 0.29) is 11.3 Å². The number of ether oxygens (including phenoxy) is 2. The van der Waals surface area contributed by atoms with Gasteiger partial charge in [0.05, 0.1) is 18.2 Å².